The normalized spacial score (nSPS) is 26.2. The van der Waals surface area contributed by atoms with Crippen molar-refractivity contribution >= 4 is 0 Å². The van der Waals surface area contributed by atoms with Gasteiger partial charge in [0.1, 0.15) is 0 Å². The molecule has 1 heterocycles. The molecule has 0 aliphatic heterocycles. The van der Waals surface area contributed by atoms with E-state index in [1.165, 1.54) is 31.2 Å². The second-order valence-corrected chi connectivity index (χ2v) is 5.87. The third-order valence-corrected chi connectivity index (χ3v) is 4.26. The van der Waals surface area contributed by atoms with Crippen molar-refractivity contribution in [3.8, 4) is 0 Å². The van der Waals surface area contributed by atoms with Crippen molar-refractivity contribution in [2.45, 2.75) is 51.5 Å². The molecule has 1 aromatic rings. The van der Waals surface area contributed by atoms with Crippen molar-refractivity contribution in [2.24, 2.45) is 24.7 Å². The molecular weight excluding hydrogens is 224 g/mol. The van der Waals surface area contributed by atoms with Gasteiger partial charge in [0.15, 0.2) is 0 Å². The van der Waals surface area contributed by atoms with Gasteiger partial charge >= 0.3 is 0 Å². The Morgan fingerprint density at radius 3 is 3.00 bits per heavy atom. The van der Waals surface area contributed by atoms with Crippen LogP contribution in [0.3, 0.4) is 0 Å². The predicted octanol–water partition coefficient (Wildman–Crippen LogP) is 2.01. The van der Waals surface area contributed by atoms with E-state index in [1.54, 1.807) is 0 Å². The highest BCUT2D eigenvalue weighted by Crippen LogP contribution is 2.31. The van der Waals surface area contributed by atoms with Gasteiger partial charge in [-0.2, -0.15) is 5.10 Å². The van der Waals surface area contributed by atoms with Gasteiger partial charge in [-0.05, 0) is 43.1 Å². The maximum absolute atomic E-state index is 5.75. The van der Waals surface area contributed by atoms with E-state index >= 15 is 0 Å². The van der Waals surface area contributed by atoms with Gasteiger partial charge in [0, 0.05) is 19.3 Å². The zero-order valence-corrected chi connectivity index (χ0v) is 11.6. The number of rotatable bonds is 5. The fourth-order valence-corrected chi connectivity index (χ4v) is 3.22. The van der Waals surface area contributed by atoms with Crippen molar-refractivity contribution in [1.29, 1.82) is 0 Å². The second kappa shape index (κ2) is 6.34. The van der Waals surface area contributed by atoms with Crippen molar-refractivity contribution in [1.82, 2.24) is 15.2 Å². The molecule has 1 aliphatic rings. The summed E-state index contributed by atoms with van der Waals surface area (Å²) in [5.41, 5.74) is 4.35. The largest absolute Gasteiger partial charge is 0.276 e. The summed E-state index contributed by atoms with van der Waals surface area (Å²) in [5, 5.41) is 4.21. The van der Waals surface area contributed by atoms with Crippen LogP contribution in [-0.2, 0) is 13.5 Å². The predicted molar refractivity (Wildman–Crippen MR) is 73.8 cm³/mol. The van der Waals surface area contributed by atoms with E-state index < -0.39 is 0 Å². The molecule has 0 aromatic carbocycles. The molecule has 2 rings (SSSR count). The van der Waals surface area contributed by atoms with Gasteiger partial charge in [-0.1, -0.05) is 19.8 Å². The number of aromatic nitrogens is 2. The molecule has 1 aromatic heterocycles. The van der Waals surface area contributed by atoms with E-state index in [-0.39, 0.29) is 0 Å². The van der Waals surface area contributed by atoms with Crippen LogP contribution in [0, 0.1) is 11.8 Å². The van der Waals surface area contributed by atoms with Crippen LogP contribution in [0.25, 0.3) is 0 Å². The summed E-state index contributed by atoms with van der Waals surface area (Å²) in [7, 11) is 1.96. The molecule has 1 aliphatic carbocycles. The van der Waals surface area contributed by atoms with E-state index in [4.69, 9.17) is 5.84 Å². The minimum Gasteiger partial charge on any atom is -0.276 e. The number of nitrogens with two attached hydrogens (primary N) is 1. The Morgan fingerprint density at radius 1 is 1.56 bits per heavy atom. The highest BCUT2D eigenvalue weighted by molar-refractivity contribution is 5.04. The van der Waals surface area contributed by atoms with Crippen molar-refractivity contribution in [3.63, 3.8) is 0 Å². The number of nitrogens with one attached hydrogen (secondary N) is 1. The van der Waals surface area contributed by atoms with Gasteiger partial charge < -0.3 is 0 Å². The lowest BCUT2D eigenvalue weighted by molar-refractivity contribution is 0.216. The van der Waals surface area contributed by atoms with Gasteiger partial charge in [0.2, 0.25) is 0 Å². The molecule has 3 N–H and O–H groups in total. The summed E-state index contributed by atoms with van der Waals surface area (Å²) < 4.78 is 1.86. The molecule has 0 bridgehead atoms. The maximum atomic E-state index is 5.75. The Morgan fingerprint density at radius 2 is 2.39 bits per heavy atom. The molecule has 18 heavy (non-hydrogen) atoms. The third-order valence-electron chi connectivity index (χ3n) is 4.26. The van der Waals surface area contributed by atoms with Gasteiger partial charge in [-0.25, -0.2) is 0 Å². The Bertz CT molecular complexity index is 360. The topological polar surface area (TPSA) is 55.9 Å². The molecule has 3 unspecified atom stereocenters. The Balaban J connectivity index is 1.84. The van der Waals surface area contributed by atoms with Crippen LogP contribution in [0.4, 0.5) is 0 Å². The number of nitrogens with zero attached hydrogens (tertiary/aromatic N) is 2. The van der Waals surface area contributed by atoms with Gasteiger partial charge in [0.25, 0.3) is 0 Å². The van der Waals surface area contributed by atoms with E-state index in [0.29, 0.717) is 6.04 Å². The van der Waals surface area contributed by atoms with Crippen molar-refractivity contribution in [2.75, 3.05) is 0 Å². The highest BCUT2D eigenvalue weighted by atomic mass is 15.2. The van der Waals surface area contributed by atoms with Crippen LogP contribution in [-0.4, -0.2) is 15.8 Å². The molecule has 102 valence electrons. The first-order valence-corrected chi connectivity index (χ1v) is 7.12. The molecule has 0 spiro atoms. The van der Waals surface area contributed by atoms with Crippen LogP contribution in [0.15, 0.2) is 12.4 Å². The van der Waals surface area contributed by atoms with Gasteiger partial charge in [-0.15, -0.1) is 0 Å². The fourth-order valence-electron chi connectivity index (χ4n) is 3.22. The number of aryl methyl sites for hydroxylation is 2. The lowest BCUT2D eigenvalue weighted by Gasteiger charge is -2.32. The molecule has 1 saturated carbocycles. The second-order valence-electron chi connectivity index (χ2n) is 5.87. The SMILES string of the molecule is CC1CCCC(C(CCc2cnn(C)c2)NN)C1. The molecule has 1 fully saturated rings. The van der Waals surface area contributed by atoms with Crippen LogP contribution in [0.5, 0.6) is 0 Å². The lowest BCUT2D eigenvalue weighted by Crippen LogP contribution is -2.42. The third kappa shape index (κ3) is 3.56. The van der Waals surface area contributed by atoms with Crippen LogP contribution in [0.2, 0.25) is 0 Å². The first kappa shape index (κ1) is 13.6. The Hall–Kier alpha value is -0.870. The Kier molecular flexibility index (Phi) is 4.78. The smallest absolute Gasteiger partial charge is 0.0521 e. The first-order chi connectivity index (χ1) is 8.69. The lowest BCUT2D eigenvalue weighted by atomic mass is 9.77. The van der Waals surface area contributed by atoms with Crippen molar-refractivity contribution in [3.05, 3.63) is 18.0 Å². The number of hydrazine groups is 1. The first-order valence-electron chi connectivity index (χ1n) is 7.12. The molecule has 3 atom stereocenters. The summed E-state index contributed by atoms with van der Waals surface area (Å²) in [4.78, 5) is 0. The average molecular weight is 250 g/mol. The minimum atomic E-state index is 0.452. The maximum Gasteiger partial charge on any atom is 0.0521 e. The van der Waals surface area contributed by atoms with Crippen LogP contribution < -0.4 is 11.3 Å². The summed E-state index contributed by atoms with van der Waals surface area (Å²) in [6, 6.07) is 0.452. The summed E-state index contributed by atoms with van der Waals surface area (Å²) in [6.45, 7) is 2.36. The molecular formula is C14H26N4. The van der Waals surface area contributed by atoms with Crippen LogP contribution in [0.1, 0.15) is 44.6 Å². The fraction of sp³-hybridized carbons (Fsp3) is 0.786. The molecule has 0 saturated heterocycles. The average Bonchev–Trinajstić information content (AvgIpc) is 2.76. The summed E-state index contributed by atoms with van der Waals surface area (Å²) >= 11 is 0. The quantitative estimate of drug-likeness (QED) is 0.621. The molecule has 0 radical (unpaired) electrons. The van der Waals surface area contributed by atoms with Crippen molar-refractivity contribution < 1.29 is 0 Å². The van der Waals surface area contributed by atoms with Gasteiger partial charge in [-0.3, -0.25) is 16.0 Å². The summed E-state index contributed by atoms with van der Waals surface area (Å²) in [5.74, 6) is 7.35. The van der Waals surface area contributed by atoms with E-state index in [0.717, 1.165) is 24.7 Å². The zero-order chi connectivity index (χ0) is 13.0. The van der Waals surface area contributed by atoms with E-state index in [1.807, 2.05) is 17.9 Å². The number of hydrogen-bond donors (Lipinski definition) is 2. The van der Waals surface area contributed by atoms with E-state index in [9.17, 15) is 0 Å². The summed E-state index contributed by atoms with van der Waals surface area (Å²) in [6.07, 6.45) is 11.6. The zero-order valence-electron chi connectivity index (χ0n) is 11.6. The van der Waals surface area contributed by atoms with Crippen LogP contribution >= 0.6 is 0 Å². The van der Waals surface area contributed by atoms with E-state index in [2.05, 4.69) is 23.6 Å². The number of hydrogen-bond acceptors (Lipinski definition) is 3. The Labute approximate surface area is 110 Å². The standard InChI is InChI=1S/C14H26N4/c1-11-4-3-5-13(8-11)14(17-15)7-6-12-9-16-18(2)10-12/h9-11,13-14,17H,3-8,15H2,1-2H3. The minimum absolute atomic E-state index is 0.452. The van der Waals surface area contributed by atoms with Gasteiger partial charge in [0.05, 0.1) is 6.20 Å². The monoisotopic (exact) mass is 250 g/mol. The molecule has 4 heteroatoms. The highest BCUT2D eigenvalue weighted by Gasteiger charge is 2.25. The molecule has 0 amide bonds. The molecule has 4 nitrogen and oxygen atoms in total.